The summed E-state index contributed by atoms with van der Waals surface area (Å²) in [5.41, 5.74) is 1.50. The van der Waals surface area contributed by atoms with Crippen LogP contribution in [0.1, 0.15) is 149 Å². The minimum atomic E-state index is -1.40. The second-order valence-electron chi connectivity index (χ2n) is 11.5. The molecular formula is C34H66NO2P. The summed E-state index contributed by atoms with van der Waals surface area (Å²) in [6, 6.07) is 11.2. The molecule has 0 aliphatic heterocycles. The van der Waals surface area contributed by atoms with E-state index >= 15 is 0 Å². The van der Waals surface area contributed by atoms with E-state index in [1.807, 2.05) is 0 Å². The summed E-state index contributed by atoms with van der Waals surface area (Å²) in [6.07, 6.45) is 31.6. The fourth-order valence-electron chi connectivity index (χ4n) is 5.49. The maximum absolute atomic E-state index is 9.00. The molecule has 224 valence electrons. The third kappa shape index (κ3) is 24.1. The summed E-state index contributed by atoms with van der Waals surface area (Å²) in [7, 11) is -1.40. The van der Waals surface area contributed by atoms with Crippen molar-refractivity contribution in [2.75, 3.05) is 25.0 Å². The van der Waals surface area contributed by atoms with Gasteiger partial charge in [0, 0.05) is 6.92 Å². The molecule has 0 bridgehead atoms. The van der Waals surface area contributed by atoms with Gasteiger partial charge in [0.1, 0.15) is 0 Å². The first kappa shape index (κ1) is 37.1. The van der Waals surface area contributed by atoms with Crippen molar-refractivity contribution in [2.45, 2.75) is 150 Å². The van der Waals surface area contributed by atoms with E-state index in [9.17, 15) is 0 Å². The van der Waals surface area contributed by atoms with E-state index in [1.165, 1.54) is 153 Å². The number of carbonyl (C=O) groups is 1. The minimum absolute atomic E-state index is 0.833. The van der Waals surface area contributed by atoms with Gasteiger partial charge in [0.05, 0.1) is 0 Å². The average Bonchev–Trinajstić information content (AvgIpc) is 2.90. The van der Waals surface area contributed by atoms with Crippen molar-refractivity contribution in [3.05, 3.63) is 35.9 Å². The van der Waals surface area contributed by atoms with Crippen LogP contribution in [0, 0.1) is 0 Å². The van der Waals surface area contributed by atoms with E-state index in [0.717, 1.165) is 6.92 Å². The van der Waals surface area contributed by atoms with Crippen LogP contribution >= 0.6 is 7.41 Å². The van der Waals surface area contributed by atoms with Gasteiger partial charge in [-0.1, -0.05) is 0 Å². The predicted octanol–water partition coefficient (Wildman–Crippen LogP) is 10.7. The molecule has 4 heteroatoms. The topological polar surface area (TPSA) is 49.3 Å². The van der Waals surface area contributed by atoms with Gasteiger partial charge in [-0.05, 0) is 0 Å². The second kappa shape index (κ2) is 27.6. The van der Waals surface area contributed by atoms with Gasteiger partial charge in [-0.15, -0.1) is 0 Å². The van der Waals surface area contributed by atoms with Crippen molar-refractivity contribution in [1.29, 1.82) is 0 Å². The Bertz CT molecular complexity index is 577. The fraction of sp³-hybridized carbons (Fsp3) is 0.794. The van der Waals surface area contributed by atoms with Gasteiger partial charge in [-0.25, -0.2) is 0 Å². The Morgan fingerprint density at radius 2 is 0.974 bits per heavy atom. The van der Waals surface area contributed by atoms with Crippen LogP contribution in [0.5, 0.6) is 0 Å². The molecule has 0 heterocycles. The summed E-state index contributed by atoms with van der Waals surface area (Å²) in [4.78, 5) is 9.00. The molecule has 0 saturated heterocycles. The molecule has 0 fully saturated rings. The normalized spacial score (nSPS) is 11.7. The molecule has 1 rings (SSSR count). The molecule has 0 aliphatic carbocycles. The summed E-state index contributed by atoms with van der Waals surface area (Å²) in [6.45, 7) is 9.26. The molecule has 0 unspecified atom stereocenters. The zero-order chi connectivity index (χ0) is 28.2. The van der Waals surface area contributed by atoms with Crippen molar-refractivity contribution in [3.8, 4) is 0 Å². The van der Waals surface area contributed by atoms with Crippen LogP contribution in [-0.4, -0.2) is 36.1 Å². The van der Waals surface area contributed by atoms with Crippen molar-refractivity contribution in [2.24, 2.45) is 0 Å². The number of rotatable bonds is 25. The molecule has 0 spiro atoms. The van der Waals surface area contributed by atoms with Crippen LogP contribution in [0.15, 0.2) is 30.3 Å². The quantitative estimate of drug-likeness (QED) is 0.0938. The number of nitrogens with one attached hydrogen (secondary N) is 1. The first-order chi connectivity index (χ1) is 18.5. The van der Waals surface area contributed by atoms with Crippen molar-refractivity contribution in [1.82, 2.24) is 5.09 Å². The molecule has 38 heavy (non-hydrogen) atoms. The first-order valence-electron chi connectivity index (χ1n) is 16.5. The van der Waals surface area contributed by atoms with Gasteiger partial charge in [0.2, 0.25) is 0 Å². The summed E-state index contributed by atoms with van der Waals surface area (Å²) in [5, 5.41) is 11.7. The van der Waals surface area contributed by atoms with E-state index < -0.39 is 13.4 Å². The third-order valence-electron chi connectivity index (χ3n) is 7.78. The van der Waals surface area contributed by atoms with Gasteiger partial charge in [-0.2, -0.15) is 0 Å². The fourth-order valence-corrected chi connectivity index (χ4v) is 10.2. The van der Waals surface area contributed by atoms with Gasteiger partial charge < -0.3 is 5.11 Å². The number of benzene rings is 1. The molecule has 2 N–H and O–H groups in total. The van der Waals surface area contributed by atoms with Crippen LogP contribution in [0.4, 0.5) is 0 Å². The van der Waals surface area contributed by atoms with Crippen LogP contribution in [0.3, 0.4) is 0 Å². The van der Waals surface area contributed by atoms with E-state index in [1.54, 1.807) is 0 Å². The number of carboxylic acids is 1. The zero-order valence-electron chi connectivity index (χ0n) is 26.0. The van der Waals surface area contributed by atoms with E-state index in [0.29, 0.717) is 0 Å². The van der Waals surface area contributed by atoms with Gasteiger partial charge in [-0.3, -0.25) is 4.79 Å². The van der Waals surface area contributed by atoms with Crippen molar-refractivity contribution in [3.63, 3.8) is 0 Å². The van der Waals surface area contributed by atoms with Crippen LogP contribution in [0.25, 0.3) is 0 Å². The second-order valence-corrected chi connectivity index (χ2v) is 15.9. The first-order valence-corrected chi connectivity index (χ1v) is 19.1. The number of hydrogen-bond acceptors (Lipinski definition) is 2. The van der Waals surface area contributed by atoms with Gasteiger partial charge in [0.15, 0.2) is 0 Å². The molecule has 3 nitrogen and oxygen atoms in total. The Morgan fingerprint density at radius 1 is 0.632 bits per heavy atom. The van der Waals surface area contributed by atoms with E-state index in [-0.39, 0.29) is 0 Å². The SMILES string of the molecule is CC(=O)O.CCCCCCCC[PH](CCCCCCCC)(CCCCCCCC)NCCc1ccccc1. The summed E-state index contributed by atoms with van der Waals surface area (Å²) >= 11 is 0. The Labute approximate surface area is 238 Å². The number of aliphatic carboxylic acids is 1. The number of hydrogen-bond donors (Lipinski definition) is 2. The molecule has 0 saturated carbocycles. The predicted molar refractivity (Wildman–Crippen MR) is 175 cm³/mol. The molecule has 0 aromatic heterocycles. The van der Waals surface area contributed by atoms with Crippen LogP contribution < -0.4 is 5.09 Å². The van der Waals surface area contributed by atoms with E-state index in [2.05, 4.69) is 56.2 Å². The average molecular weight is 552 g/mol. The van der Waals surface area contributed by atoms with E-state index in [4.69, 9.17) is 9.90 Å². The monoisotopic (exact) mass is 551 g/mol. The number of carboxylic acid groups (broad SMARTS) is 1. The number of unbranched alkanes of at least 4 members (excludes halogenated alkanes) is 15. The third-order valence-corrected chi connectivity index (χ3v) is 12.7. The van der Waals surface area contributed by atoms with Gasteiger partial charge >= 0.3 is 216 Å². The van der Waals surface area contributed by atoms with Crippen LogP contribution in [-0.2, 0) is 11.2 Å². The molecule has 1 aromatic rings. The molecule has 1 aromatic carbocycles. The Kier molecular flexibility index (Phi) is 27.0. The molecular weight excluding hydrogens is 485 g/mol. The Morgan fingerprint density at radius 3 is 1.34 bits per heavy atom. The molecule has 0 aliphatic rings. The maximum atomic E-state index is 9.00. The van der Waals surface area contributed by atoms with Crippen molar-refractivity contribution < 1.29 is 9.90 Å². The summed E-state index contributed by atoms with van der Waals surface area (Å²) in [5.74, 6) is -0.833. The van der Waals surface area contributed by atoms with Gasteiger partial charge in [0.25, 0.3) is 5.97 Å². The van der Waals surface area contributed by atoms with Crippen LogP contribution in [0.2, 0.25) is 0 Å². The Balaban J connectivity index is 0.00000318. The molecule has 0 atom stereocenters. The van der Waals surface area contributed by atoms with Crippen molar-refractivity contribution >= 4 is 13.4 Å². The summed E-state index contributed by atoms with van der Waals surface area (Å²) < 4.78 is 0. The standard InChI is InChI=1S/C32H62NP.C2H4O2/c1-4-7-10-13-16-22-29-34(30-23-17-14-11-8-5-2,31-24-18-15-12-9-6-3)33-28-27-32-25-20-19-21-26-32;1-2(3)4/h19-21,25-26,33-34H,4-18,22-24,27-31H2,1-3H3;1H3,(H,3,4). The zero-order valence-corrected chi connectivity index (χ0v) is 27.0. The Hall–Kier alpha value is -0.920. The molecule has 0 amide bonds. The molecule has 0 radical (unpaired) electrons.